The number of amides is 2. The molecule has 1 aliphatic rings. The van der Waals surface area contributed by atoms with Crippen molar-refractivity contribution in [3.05, 3.63) is 83.5 Å². The van der Waals surface area contributed by atoms with E-state index in [1.165, 1.54) is 0 Å². The lowest BCUT2D eigenvalue weighted by molar-refractivity contribution is 0.101. The van der Waals surface area contributed by atoms with Crippen LogP contribution in [0.3, 0.4) is 0 Å². The van der Waals surface area contributed by atoms with Crippen molar-refractivity contribution in [3.8, 4) is 11.5 Å². The Kier molecular flexibility index (Phi) is 8.85. The van der Waals surface area contributed by atoms with E-state index in [4.69, 9.17) is 9.47 Å². The summed E-state index contributed by atoms with van der Waals surface area (Å²) in [6, 6.07) is 14.1. The van der Waals surface area contributed by atoms with Crippen LogP contribution in [-0.2, 0) is 6.54 Å². The number of benzene rings is 2. The number of hydrogen-bond acceptors (Lipinski definition) is 7. The Morgan fingerprint density at radius 3 is 2.69 bits per heavy atom. The lowest BCUT2D eigenvalue weighted by Crippen LogP contribution is -2.33. The maximum absolute atomic E-state index is 13.5. The third-order valence-electron chi connectivity index (χ3n) is 7.47. The maximum Gasteiger partial charge on any atom is 0.323 e. The molecule has 2 aromatic carbocycles. The number of methoxy groups -OCH3 is 1. The van der Waals surface area contributed by atoms with E-state index in [2.05, 4.69) is 50.3 Å². The highest BCUT2D eigenvalue weighted by Crippen LogP contribution is 2.37. The molecule has 3 N–H and O–H groups in total. The number of ketones is 1. The first-order chi connectivity index (χ1) is 20.4. The summed E-state index contributed by atoms with van der Waals surface area (Å²) >= 11 is 0. The molecule has 3 heterocycles. The van der Waals surface area contributed by atoms with E-state index < -0.39 is 6.03 Å². The Morgan fingerprint density at radius 2 is 1.95 bits per heavy atom. The summed E-state index contributed by atoms with van der Waals surface area (Å²) in [6.07, 6.45) is 4.99. The van der Waals surface area contributed by atoms with Crippen LogP contribution in [0, 0.1) is 6.92 Å². The topological polar surface area (TPSA) is 110 Å². The first kappa shape index (κ1) is 28.8. The molecule has 4 aromatic rings. The van der Waals surface area contributed by atoms with Gasteiger partial charge in [-0.2, -0.15) is 0 Å². The summed E-state index contributed by atoms with van der Waals surface area (Å²) in [7, 11) is 3.61. The highest BCUT2D eigenvalue weighted by atomic mass is 16.5. The van der Waals surface area contributed by atoms with Crippen molar-refractivity contribution in [2.24, 2.45) is 0 Å². The van der Waals surface area contributed by atoms with Crippen molar-refractivity contribution in [2.45, 2.75) is 20.4 Å². The molecule has 5 rings (SSSR count). The maximum atomic E-state index is 13.5. The van der Waals surface area contributed by atoms with Crippen molar-refractivity contribution in [2.75, 3.05) is 51.0 Å². The van der Waals surface area contributed by atoms with Gasteiger partial charge in [0, 0.05) is 60.2 Å². The van der Waals surface area contributed by atoms with Gasteiger partial charge < -0.3 is 34.9 Å². The summed E-state index contributed by atoms with van der Waals surface area (Å²) in [5.41, 5.74) is 4.45. The molecule has 10 nitrogen and oxygen atoms in total. The molecule has 0 spiro atoms. The van der Waals surface area contributed by atoms with Gasteiger partial charge in [-0.15, -0.1) is 0 Å². The normalized spacial score (nSPS) is 13.5. The van der Waals surface area contributed by atoms with Gasteiger partial charge in [0.1, 0.15) is 11.5 Å². The molecular formula is C32H36N6O4. The number of Topliss-reactive ketones (excluding diaryl/α,β-unsaturated/α-hetero) is 1. The number of pyridine rings is 1. The number of fused-ring (bicyclic) bond motifs is 2. The number of hydrogen-bond donors (Lipinski definition) is 3. The lowest BCUT2D eigenvalue weighted by atomic mass is 10.1. The summed E-state index contributed by atoms with van der Waals surface area (Å²) in [6.45, 7) is 8.81. The Labute approximate surface area is 245 Å². The highest BCUT2D eigenvalue weighted by molar-refractivity contribution is 6.16. The number of nitrogens with zero attached hydrogens (tertiary/aromatic N) is 3. The molecule has 0 saturated carbocycles. The van der Waals surface area contributed by atoms with Gasteiger partial charge in [-0.25, -0.2) is 4.79 Å². The standard InChI is InChI=1S/C32H36N6O4/c1-5-37(14-13-33-3)15-16-38-21(2)25(26-18-24(41-4)9-10-28(26)38)19-30-31(39)27-17-22(8-11-29(27)42-30)35-32(40)36-23-7-6-12-34-20-23/h6-12,17-20,33H,5,13-16H2,1-4H3,(H2,35,36,40)/b30-19-. The number of allylic oxidation sites excluding steroid dienone is 1. The Hall–Kier alpha value is -4.67. The smallest absolute Gasteiger partial charge is 0.323 e. The van der Waals surface area contributed by atoms with Crippen molar-refractivity contribution in [1.82, 2.24) is 19.8 Å². The van der Waals surface area contributed by atoms with Gasteiger partial charge in [-0.1, -0.05) is 6.92 Å². The van der Waals surface area contributed by atoms with Crippen molar-refractivity contribution in [3.63, 3.8) is 0 Å². The monoisotopic (exact) mass is 568 g/mol. The second-order valence-corrected chi connectivity index (χ2v) is 10.0. The number of likely N-dealkylation sites (N-methyl/N-ethyl adjacent to an activating group) is 2. The number of carbonyl (C=O) groups excluding carboxylic acids is 2. The minimum absolute atomic E-state index is 0.233. The molecule has 2 aromatic heterocycles. The molecule has 0 radical (unpaired) electrons. The Balaban J connectivity index is 1.41. The predicted molar refractivity (Wildman–Crippen MR) is 166 cm³/mol. The van der Waals surface area contributed by atoms with Crippen LogP contribution in [0.15, 0.2) is 66.7 Å². The zero-order valence-corrected chi connectivity index (χ0v) is 24.4. The zero-order valence-electron chi connectivity index (χ0n) is 24.4. The van der Waals surface area contributed by atoms with Crippen molar-refractivity contribution in [1.29, 1.82) is 0 Å². The number of anilines is 2. The van der Waals surface area contributed by atoms with Gasteiger partial charge in [-0.3, -0.25) is 9.78 Å². The second kappa shape index (κ2) is 12.9. The van der Waals surface area contributed by atoms with Gasteiger partial charge in [0.25, 0.3) is 0 Å². The SMILES string of the molecule is CCN(CCNC)CCn1c(C)c(/C=C2\Oc3ccc(NC(=O)Nc4cccnc4)cc3C2=O)c2cc(OC)ccc21. The van der Waals surface area contributed by atoms with Crippen molar-refractivity contribution >= 4 is 40.2 Å². The average molecular weight is 569 g/mol. The van der Waals surface area contributed by atoms with Crippen LogP contribution in [0.2, 0.25) is 0 Å². The minimum atomic E-state index is -0.435. The van der Waals surface area contributed by atoms with Gasteiger partial charge in [0.15, 0.2) is 5.76 Å². The molecule has 0 aliphatic carbocycles. The molecular weight excluding hydrogens is 532 g/mol. The lowest BCUT2D eigenvalue weighted by Gasteiger charge is -2.21. The first-order valence-corrected chi connectivity index (χ1v) is 14.0. The number of rotatable bonds is 11. The molecule has 0 fully saturated rings. The van der Waals surface area contributed by atoms with E-state index >= 15 is 0 Å². The Bertz CT molecular complexity index is 1630. The van der Waals surface area contributed by atoms with Crippen LogP contribution in [0.25, 0.3) is 17.0 Å². The van der Waals surface area contributed by atoms with E-state index in [0.717, 1.165) is 60.6 Å². The van der Waals surface area contributed by atoms with Crippen LogP contribution >= 0.6 is 0 Å². The summed E-state index contributed by atoms with van der Waals surface area (Å²) < 4.78 is 13.8. The molecule has 1 aliphatic heterocycles. The molecule has 0 atom stereocenters. The fraction of sp³-hybridized carbons (Fsp3) is 0.281. The van der Waals surface area contributed by atoms with Crippen LogP contribution < -0.4 is 25.4 Å². The minimum Gasteiger partial charge on any atom is -0.497 e. The molecule has 0 saturated heterocycles. The summed E-state index contributed by atoms with van der Waals surface area (Å²) in [5.74, 6) is 1.18. The molecule has 0 bridgehead atoms. The predicted octanol–water partition coefficient (Wildman–Crippen LogP) is 5.15. The first-order valence-electron chi connectivity index (χ1n) is 14.0. The molecule has 0 unspecified atom stereocenters. The highest BCUT2D eigenvalue weighted by Gasteiger charge is 2.29. The van der Waals surface area contributed by atoms with E-state index in [1.54, 1.807) is 49.8 Å². The van der Waals surface area contributed by atoms with Crippen LogP contribution in [0.1, 0.15) is 28.5 Å². The number of ether oxygens (including phenoxy) is 2. The average Bonchev–Trinajstić information content (AvgIpc) is 3.45. The van der Waals surface area contributed by atoms with Gasteiger partial charge >= 0.3 is 6.03 Å². The number of carbonyl (C=O) groups is 2. The van der Waals surface area contributed by atoms with E-state index in [9.17, 15) is 9.59 Å². The number of nitrogens with one attached hydrogen (secondary N) is 3. The van der Waals surface area contributed by atoms with Gasteiger partial charge in [0.2, 0.25) is 5.78 Å². The molecule has 218 valence electrons. The number of urea groups is 1. The van der Waals surface area contributed by atoms with Crippen LogP contribution in [-0.4, -0.2) is 66.6 Å². The summed E-state index contributed by atoms with van der Waals surface area (Å²) in [4.78, 5) is 32.3. The summed E-state index contributed by atoms with van der Waals surface area (Å²) in [5, 5.41) is 9.69. The number of aromatic nitrogens is 2. The molecule has 10 heteroatoms. The van der Waals surface area contributed by atoms with Crippen LogP contribution in [0.5, 0.6) is 11.5 Å². The van der Waals surface area contributed by atoms with Crippen molar-refractivity contribution < 1.29 is 19.1 Å². The molecule has 42 heavy (non-hydrogen) atoms. The third-order valence-corrected chi connectivity index (χ3v) is 7.47. The second-order valence-electron chi connectivity index (χ2n) is 10.0. The quantitative estimate of drug-likeness (QED) is 0.215. The van der Waals surface area contributed by atoms with E-state index in [0.29, 0.717) is 22.7 Å². The third kappa shape index (κ3) is 6.14. The Morgan fingerprint density at radius 1 is 1.12 bits per heavy atom. The fourth-order valence-corrected chi connectivity index (χ4v) is 5.15. The fourth-order valence-electron chi connectivity index (χ4n) is 5.15. The largest absolute Gasteiger partial charge is 0.497 e. The molecule has 2 amide bonds. The van der Waals surface area contributed by atoms with Crippen LogP contribution in [0.4, 0.5) is 16.2 Å². The zero-order chi connectivity index (χ0) is 29.6. The van der Waals surface area contributed by atoms with Gasteiger partial charge in [-0.05, 0) is 75.1 Å². The van der Waals surface area contributed by atoms with E-state index in [-0.39, 0.29) is 11.5 Å². The van der Waals surface area contributed by atoms with Gasteiger partial charge in [0.05, 0.1) is 24.6 Å². The van der Waals surface area contributed by atoms with E-state index in [1.807, 2.05) is 25.3 Å².